The molecule has 1 aliphatic rings. The fourth-order valence-electron chi connectivity index (χ4n) is 2.29. The van der Waals surface area contributed by atoms with Crippen molar-refractivity contribution in [2.45, 2.75) is 24.7 Å². The largest absolute Gasteiger partial charge is 0.455 e. The standard InChI is InChI=1S/C13H21N3O4S/c1-10-12(21(18,19)16-7-3-4-8-16)9-11(20-10)13(17)15-6-5-14-2/h9,14H,3-8H2,1-2H3,(H,15,17). The number of carbonyl (C=O) groups excluding carboxylic acids is 1. The maximum absolute atomic E-state index is 12.5. The number of nitrogens with zero attached hydrogens (tertiary/aromatic N) is 1. The molecular weight excluding hydrogens is 294 g/mol. The zero-order chi connectivity index (χ0) is 15.5. The zero-order valence-corrected chi connectivity index (χ0v) is 13.1. The summed E-state index contributed by atoms with van der Waals surface area (Å²) in [7, 11) is -1.78. The Labute approximate surface area is 124 Å². The third-order valence-corrected chi connectivity index (χ3v) is 5.45. The van der Waals surface area contributed by atoms with Crippen LogP contribution in [0, 0.1) is 6.92 Å². The summed E-state index contributed by atoms with van der Waals surface area (Å²) in [5.41, 5.74) is 0. The van der Waals surface area contributed by atoms with E-state index in [2.05, 4.69) is 10.6 Å². The summed E-state index contributed by atoms with van der Waals surface area (Å²) in [6, 6.07) is 1.32. The van der Waals surface area contributed by atoms with Crippen LogP contribution in [0.4, 0.5) is 0 Å². The van der Waals surface area contributed by atoms with Crippen molar-refractivity contribution in [1.29, 1.82) is 0 Å². The number of aryl methyl sites for hydroxylation is 1. The molecule has 8 heteroatoms. The molecule has 118 valence electrons. The van der Waals surface area contributed by atoms with Gasteiger partial charge in [0.2, 0.25) is 10.0 Å². The van der Waals surface area contributed by atoms with E-state index >= 15 is 0 Å². The summed E-state index contributed by atoms with van der Waals surface area (Å²) in [6.45, 7) is 3.69. The Bertz CT molecular complexity index is 603. The molecule has 0 atom stereocenters. The fraction of sp³-hybridized carbons (Fsp3) is 0.615. The first-order valence-corrected chi connectivity index (χ1v) is 8.44. The lowest BCUT2D eigenvalue weighted by atomic mass is 10.4. The van der Waals surface area contributed by atoms with E-state index in [1.54, 1.807) is 14.0 Å². The molecule has 1 saturated heterocycles. The third kappa shape index (κ3) is 3.45. The summed E-state index contributed by atoms with van der Waals surface area (Å²) < 4.78 is 31.7. The molecule has 1 amide bonds. The maximum atomic E-state index is 12.5. The molecule has 1 aromatic rings. The Morgan fingerprint density at radius 2 is 2.00 bits per heavy atom. The first kappa shape index (κ1) is 16.0. The average molecular weight is 315 g/mol. The van der Waals surface area contributed by atoms with Crippen LogP contribution in [0.1, 0.15) is 29.2 Å². The highest BCUT2D eigenvalue weighted by Crippen LogP contribution is 2.26. The fourth-order valence-corrected chi connectivity index (χ4v) is 3.97. The van der Waals surface area contributed by atoms with Gasteiger partial charge in [-0.3, -0.25) is 4.79 Å². The highest BCUT2D eigenvalue weighted by molar-refractivity contribution is 7.89. The molecule has 0 radical (unpaired) electrons. The van der Waals surface area contributed by atoms with Crippen molar-refractivity contribution in [3.63, 3.8) is 0 Å². The lowest BCUT2D eigenvalue weighted by molar-refractivity contribution is 0.0925. The molecule has 1 aliphatic heterocycles. The first-order chi connectivity index (χ1) is 9.96. The van der Waals surface area contributed by atoms with Crippen LogP contribution in [0.15, 0.2) is 15.4 Å². The van der Waals surface area contributed by atoms with Gasteiger partial charge in [-0.05, 0) is 26.8 Å². The lowest BCUT2D eigenvalue weighted by Gasteiger charge is -2.14. The van der Waals surface area contributed by atoms with E-state index in [9.17, 15) is 13.2 Å². The van der Waals surface area contributed by atoms with Crippen molar-refractivity contribution in [3.8, 4) is 0 Å². The second-order valence-corrected chi connectivity index (χ2v) is 6.91. The molecule has 0 bridgehead atoms. The van der Waals surface area contributed by atoms with Crippen molar-refractivity contribution in [3.05, 3.63) is 17.6 Å². The van der Waals surface area contributed by atoms with E-state index < -0.39 is 15.9 Å². The summed E-state index contributed by atoms with van der Waals surface area (Å²) in [4.78, 5) is 12.0. The number of likely N-dealkylation sites (N-methyl/N-ethyl adjacent to an activating group) is 1. The lowest BCUT2D eigenvalue weighted by Crippen LogP contribution is -2.30. The Morgan fingerprint density at radius 3 is 2.62 bits per heavy atom. The van der Waals surface area contributed by atoms with Gasteiger partial charge in [0, 0.05) is 32.2 Å². The number of rotatable bonds is 6. The highest BCUT2D eigenvalue weighted by atomic mass is 32.2. The Kier molecular flexibility index (Phi) is 5.02. The monoisotopic (exact) mass is 315 g/mol. The summed E-state index contributed by atoms with van der Waals surface area (Å²) in [6.07, 6.45) is 1.74. The van der Waals surface area contributed by atoms with Gasteiger partial charge in [-0.2, -0.15) is 4.31 Å². The Hall–Kier alpha value is -1.38. The third-order valence-electron chi connectivity index (χ3n) is 3.44. The quantitative estimate of drug-likeness (QED) is 0.738. The number of hydrogen-bond donors (Lipinski definition) is 2. The van der Waals surface area contributed by atoms with Crippen LogP contribution in [-0.4, -0.2) is 51.9 Å². The SMILES string of the molecule is CNCCNC(=O)c1cc(S(=O)(=O)N2CCCC2)c(C)o1. The molecule has 1 fully saturated rings. The molecule has 1 aromatic heterocycles. The van der Waals surface area contributed by atoms with Gasteiger partial charge in [0.15, 0.2) is 5.76 Å². The second kappa shape index (κ2) is 6.59. The molecule has 2 rings (SSSR count). The molecule has 7 nitrogen and oxygen atoms in total. The predicted molar refractivity (Wildman–Crippen MR) is 77.7 cm³/mol. The van der Waals surface area contributed by atoms with Gasteiger partial charge in [0.05, 0.1) is 0 Å². The minimum absolute atomic E-state index is 0.0291. The van der Waals surface area contributed by atoms with Gasteiger partial charge in [-0.25, -0.2) is 8.42 Å². The molecule has 21 heavy (non-hydrogen) atoms. The van der Waals surface area contributed by atoms with Crippen molar-refractivity contribution >= 4 is 15.9 Å². The molecule has 2 N–H and O–H groups in total. The van der Waals surface area contributed by atoms with Crippen LogP contribution in [0.5, 0.6) is 0 Å². The van der Waals surface area contributed by atoms with E-state index in [-0.39, 0.29) is 16.4 Å². The van der Waals surface area contributed by atoms with Gasteiger partial charge in [0.1, 0.15) is 10.7 Å². The van der Waals surface area contributed by atoms with Crippen molar-refractivity contribution in [2.24, 2.45) is 0 Å². The van der Waals surface area contributed by atoms with Gasteiger partial charge in [-0.15, -0.1) is 0 Å². The Balaban J connectivity index is 2.17. The number of sulfonamides is 1. The van der Waals surface area contributed by atoms with Crippen LogP contribution >= 0.6 is 0 Å². The van der Waals surface area contributed by atoms with Gasteiger partial charge >= 0.3 is 0 Å². The van der Waals surface area contributed by atoms with E-state index in [1.165, 1.54) is 10.4 Å². The maximum Gasteiger partial charge on any atom is 0.287 e. The number of nitrogens with one attached hydrogen (secondary N) is 2. The molecule has 0 aromatic carbocycles. The minimum Gasteiger partial charge on any atom is -0.455 e. The van der Waals surface area contributed by atoms with E-state index in [4.69, 9.17) is 4.42 Å². The van der Waals surface area contributed by atoms with Crippen molar-refractivity contribution < 1.29 is 17.6 Å². The van der Waals surface area contributed by atoms with Gasteiger partial charge in [-0.1, -0.05) is 0 Å². The predicted octanol–water partition coefficient (Wildman–Crippen LogP) is 0.322. The molecule has 0 unspecified atom stereocenters. The summed E-state index contributed by atoms with van der Waals surface area (Å²) in [5.74, 6) is -0.127. The van der Waals surface area contributed by atoms with E-state index in [1.807, 2.05) is 0 Å². The number of amides is 1. The van der Waals surface area contributed by atoms with Crippen LogP contribution < -0.4 is 10.6 Å². The number of furan rings is 1. The minimum atomic E-state index is -3.56. The smallest absolute Gasteiger partial charge is 0.287 e. The van der Waals surface area contributed by atoms with Crippen molar-refractivity contribution in [2.75, 3.05) is 33.2 Å². The van der Waals surface area contributed by atoms with Gasteiger partial charge in [0.25, 0.3) is 5.91 Å². The van der Waals surface area contributed by atoms with Crippen LogP contribution in [0.2, 0.25) is 0 Å². The van der Waals surface area contributed by atoms with Crippen LogP contribution in [0.3, 0.4) is 0 Å². The summed E-state index contributed by atoms with van der Waals surface area (Å²) >= 11 is 0. The molecule has 0 spiro atoms. The summed E-state index contributed by atoms with van der Waals surface area (Å²) in [5, 5.41) is 5.56. The molecule has 0 saturated carbocycles. The van der Waals surface area contributed by atoms with Gasteiger partial charge < -0.3 is 15.1 Å². The average Bonchev–Trinajstić information content (AvgIpc) is 3.08. The van der Waals surface area contributed by atoms with Crippen LogP contribution in [-0.2, 0) is 10.0 Å². The normalized spacial score (nSPS) is 16.3. The van der Waals surface area contributed by atoms with Crippen LogP contribution in [0.25, 0.3) is 0 Å². The molecule has 2 heterocycles. The topological polar surface area (TPSA) is 91.6 Å². The second-order valence-electron chi connectivity index (χ2n) is 5.00. The first-order valence-electron chi connectivity index (χ1n) is 7.00. The molecule has 0 aliphatic carbocycles. The zero-order valence-electron chi connectivity index (χ0n) is 12.3. The van der Waals surface area contributed by atoms with Crippen molar-refractivity contribution in [1.82, 2.24) is 14.9 Å². The highest BCUT2D eigenvalue weighted by Gasteiger charge is 2.31. The number of carbonyl (C=O) groups is 1. The molecular formula is C13H21N3O4S. The van der Waals surface area contributed by atoms with E-state index in [0.29, 0.717) is 26.2 Å². The van der Waals surface area contributed by atoms with E-state index in [0.717, 1.165) is 12.8 Å². The Morgan fingerprint density at radius 1 is 1.33 bits per heavy atom. The number of hydrogen-bond acceptors (Lipinski definition) is 5.